The van der Waals surface area contributed by atoms with E-state index in [2.05, 4.69) is 15.7 Å². The number of nitrogens with zero attached hydrogens (tertiary/aromatic N) is 5. The van der Waals surface area contributed by atoms with Crippen molar-refractivity contribution in [2.24, 2.45) is 11.3 Å². The first-order chi connectivity index (χ1) is 18.9. The van der Waals surface area contributed by atoms with Gasteiger partial charge in [-0.1, -0.05) is 25.7 Å². The lowest BCUT2D eigenvalue weighted by Gasteiger charge is -2.26. The molecule has 0 radical (unpaired) electrons. The lowest BCUT2D eigenvalue weighted by Crippen LogP contribution is -2.42. The molecule has 1 saturated heterocycles. The predicted octanol–water partition coefficient (Wildman–Crippen LogP) is 3.00. The van der Waals surface area contributed by atoms with Crippen molar-refractivity contribution >= 4 is 23.4 Å². The van der Waals surface area contributed by atoms with Gasteiger partial charge in [0.2, 0.25) is 5.91 Å². The van der Waals surface area contributed by atoms with E-state index in [9.17, 15) is 14.4 Å². The predicted molar refractivity (Wildman–Crippen MR) is 143 cm³/mol. The highest BCUT2D eigenvalue weighted by molar-refractivity contribution is 6.04. The van der Waals surface area contributed by atoms with Crippen LogP contribution in [-0.2, 0) is 27.3 Å². The van der Waals surface area contributed by atoms with Gasteiger partial charge in [-0.2, -0.15) is 10.2 Å². The van der Waals surface area contributed by atoms with Crippen LogP contribution in [0.2, 0.25) is 0 Å². The van der Waals surface area contributed by atoms with Gasteiger partial charge in [-0.3, -0.25) is 19.1 Å². The lowest BCUT2D eigenvalue weighted by atomic mass is 9.81. The Balaban J connectivity index is 1.45. The molecule has 208 valence electrons. The summed E-state index contributed by atoms with van der Waals surface area (Å²) in [5, 5.41) is 15.0. The quantitative estimate of drug-likeness (QED) is 0.245. The van der Waals surface area contributed by atoms with Crippen LogP contribution in [0.25, 0.3) is 5.65 Å². The number of carbonyl (C=O) groups excluding carboxylic acids is 3. The van der Waals surface area contributed by atoms with Gasteiger partial charge < -0.3 is 15.4 Å². The van der Waals surface area contributed by atoms with E-state index in [1.54, 1.807) is 34.5 Å². The highest BCUT2D eigenvalue weighted by Gasteiger charge is 2.50. The van der Waals surface area contributed by atoms with Crippen molar-refractivity contribution in [2.45, 2.75) is 77.8 Å². The zero-order valence-corrected chi connectivity index (χ0v) is 22.7. The summed E-state index contributed by atoms with van der Waals surface area (Å²) in [6.07, 6.45) is 10.7. The van der Waals surface area contributed by atoms with Crippen LogP contribution >= 0.6 is 0 Å². The summed E-state index contributed by atoms with van der Waals surface area (Å²) in [5.41, 5.74) is 1.24. The first kappa shape index (κ1) is 26.8. The van der Waals surface area contributed by atoms with Crippen LogP contribution in [0.5, 0.6) is 0 Å². The van der Waals surface area contributed by atoms with E-state index < -0.39 is 11.4 Å². The zero-order valence-electron chi connectivity index (χ0n) is 22.7. The third-order valence-corrected chi connectivity index (χ3v) is 8.04. The van der Waals surface area contributed by atoms with Crippen molar-refractivity contribution in [1.29, 1.82) is 0 Å². The normalized spacial score (nSPS) is 20.9. The molecule has 3 aromatic rings. The molecule has 0 bridgehead atoms. The number of carbonyl (C=O) groups is 3. The average Bonchev–Trinajstić information content (AvgIpc) is 3.61. The van der Waals surface area contributed by atoms with Crippen molar-refractivity contribution in [2.75, 3.05) is 13.2 Å². The van der Waals surface area contributed by atoms with Crippen LogP contribution < -0.4 is 10.6 Å². The molecule has 2 aliphatic rings. The number of aryl methyl sites for hydroxylation is 1. The number of hydrogen-bond acceptors (Lipinski definition) is 7. The largest absolute Gasteiger partial charge is 0.465 e. The van der Waals surface area contributed by atoms with Crippen molar-refractivity contribution < 1.29 is 19.1 Å². The average molecular weight is 536 g/mol. The molecule has 5 rings (SSSR count). The third-order valence-electron chi connectivity index (χ3n) is 8.04. The number of nitrogens with one attached hydrogen (secondary N) is 2. The van der Waals surface area contributed by atoms with Gasteiger partial charge in [0.15, 0.2) is 11.1 Å². The van der Waals surface area contributed by atoms with Gasteiger partial charge in [-0.25, -0.2) is 9.50 Å². The molecule has 39 heavy (non-hydrogen) atoms. The Morgan fingerprint density at radius 1 is 1.18 bits per heavy atom. The van der Waals surface area contributed by atoms with E-state index in [4.69, 9.17) is 14.8 Å². The fraction of sp³-hybridized carbons (Fsp3) is 0.571. The van der Waals surface area contributed by atoms with Crippen molar-refractivity contribution in [1.82, 2.24) is 35.0 Å². The molecule has 11 heteroatoms. The van der Waals surface area contributed by atoms with Crippen molar-refractivity contribution in [3.8, 4) is 0 Å². The van der Waals surface area contributed by atoms with Crippen molar-refractivity contribution in [3.05, 3.63) is 47.7 Å². The number of esters is 1. The summed E-state index contributed by atoms with van der Waals surface area (Å²) in [6.45, 7) is 4.93. The molecule has 1 saturated carbocycles. The number of imidazole rings is 1. The Kier molecular flexibility index (Phi) is 7.94. The molecular formula is C28H37N7O4. The maximum Gasteiger partial charge on any atom is 0.322 e. The molecule has 2 unspecified atom stereocenters. The second-order valence-corrected chi connectivity index (χ2v) is 10.5. The van der Waals surface area contributed by atoms with Crippen LogP contribution in [0, 0.1) is 11.3 Å². The third kappa shape index (κ3) is 5.39. The monoisotopic (exact) mass is 535 g/mol. The van der Waals surface area contributed by atoms with Gasteiger partial charge in [0.25, 0.3) is 5.91 Å². The number of rotatable bonds is 9. The summed E-state index contributed by atoms with van der Waals surface area (Å²) < 4.78 is 8.64. The highest BCUT2D eigenvalue weighted by Crippen LogP contribution is 2.35. The zero-order chi connectivity index (χ0) is 27.4. The fourth-order valence-electron chi connectivity index (χ4n) is 5.94. The molecule has 4 heterocycles. The van der Waals surface area contributed by atoms with E-state index in [0.29, 0.717) is 36.5 Å². The van der Waals surface area contributed by atoms with Crippen LogP contribution in [0.3, 0.4) is 0 Å². The number of amides is 2. The minimum atomic E-state index is -1.28. The number of fused-ring (bicyclic) bond motifs is 1. The van der Waals surface area contributed by atoms with Crippen LogP contribution in [0.1, 0.15) is 86.7 Å². The molecule has 3 aromatic heterocycles. The van der Waals surface area contributed by atoms with Crippen molar-refractivity contribution in [3.63, 3.8) is 0 Å². The van der Waals surface area contributed by atoms with E-state index >= 15 is 0 Å². The van der Waals surface area contributed by atoms with Gasteiger partial charge >= 0.3 is 5.97 Å². The number of aromatic nitrogens is 5. The molecule has 1 aliphatic heterocycles. The molecule has 11 nitrogen and oxygen atoms in total. The Hall–Kier alpha value is -3.76. The fourth-order valence-corrected chi connectivity index (χ4v) is 5.94. The van der Waals surface area contributed by atoms with E-state index in [1.807, 2.05) is 19.2 Å². The summed E-state index contributed by atoms with van der Waals surface area (Å²) in [6, 6.07) is 5.11. The number of ether oxygens (including phenoxy) is 1. The lowest BCUT2D eigenvalue weighted by molar-refractivity contribution is -0.159. The summed E-state index contributed by atoms with van der Waals surface area (Å²) in [7, 11) is 0. The van der Waals surface area contributed by atoms with E-state index in [0.717, 1.165) is 31.4 Å². The maximum atomic E-state index is 13.3. The smallest absolute Gasteiger partial charge is 0.322 e. The highest BCUT2D eigenvalue weighted by atomic mass is 16.5. The molecule has 0 aromatic carbocycles. The van der Waals surface area contributed by atoms with Gasteiger partial charge in [-0.15, -0.1) is 0 Å². The second kappa shape index (κ2) is 11.5. The summed E-state index contributed by atoms with van der Waals surface area (Å²) in [5.74, 6) is -0.752. The molecule has 2 fully saturated rings. The molecule has 1 aliphatic carbocycles. The second-order valence-electron chi connectivity index (χ2n) is 10.5. The molecule has 2 N–H and O–H groups in total. The van der Waals surface area contributed by atoms with E-state index in [1.165, 1.54) is 12.8 Å². The van der Waals surface area contributed by atoms with E-state index in [-0.39, 0.29) is 36.8 Å². The Bertz CT molecular complexity index is 1340. The molecule has 2 amide bonds. The molecule has 2 atom stereocenters. The SMILES string of the molecule is CCOC(=O)C1(Cc2ccc3nc(C(NC(=O)c4ccnn4CC)C4CCCCCC4)cn3n2)CCNC1=O. The van der Waals surface area contributed by atoms with Gasteiger partial charge in [0.05, 0.1) is 30.2 Å². The standard InChI is InChI=1S/C28H37N7O4/c1-3-34-22(13-15-30-34)25(36)32-24(19-9-7-5-6-8-10-19)21-18-35-23(31-21)12-11-20(33-35)17-28(27(38)39-4-2)14-16-29-26(28)37/h11-13,15,18-19,24H,3-10,14,16-17H2,1-2H3,(H,29,37)(H,32,36). The Morgan fingerprint density at radius 3 is 2.67 bits per heavy atom. The maximum absolute atomic E-state index is 13.3. The van der Waals surface area contributed by atoms with Crippen LogP contribution in [0.15, 0.2) is 30.6 Å². The minimum absolute atomic E-state index is 0.144. The first-order valence-corrected chi connectivity index (χ1v) is 14.1. The first-order valence-electron chi connectivity index (χ1n) is 14.1. The van der Waals surface area contributed by atoms with Gasteiger partial charge in [0, 0.05) is 25.7 Å². The summed E-state index contributed by atoms with van der Waals surface area (Å²) >= 11 is 0. The van der Waals surface area contributed by atoms with Gasteiger partial charge in [0.1, 0.15) is 5.69 Å². The topological polar surface area (TPSA) is 133 Å². The molecular weight excluding hydrogens is 498 g/mol. The minimum Gasteiger partial charge on any atom is -0.465 e. The Labute approximate surface area is 227 Å². The summed E-state index contributed by atoms with van der Waals surface area (Å²) in [4.78, 5) is 43.7. The number of hydrogen-bond donors (Lipinski definition) is 2. The Morgan fingerprint density at radius 2 is 1.97 bits per heavy atom. The van der Waals surface area contributed by atoms with Crippen LogP contribution in [0.4, 0.5) is 0 Å². The molecule has 0 spiro atoms. The van der Waals surface area contributed by atoms with Gasteiger partial charge in [-0.05, 0) is 57.2 Å². The van der Waals surface area contributed by atoms with Crippen LogP contribution in [-0.4, -0.2) is 55.3 Å².